The topological polar surface area (TPSA) is 182 Å². The third kappa shape index (κ3) is 82.6. The highest BCUT2D eigenvalue weighted by Crippen LogP contribution is 2.41. The lowest BCUT2D eigenvalue weighted by atomic mass is 9.70. The van der Waals surface area contributed by atoms with E-state index in [1.165, 1.54) is 0 Å². The Morgan fingerprint density at radius 3 is 0.835 bits per heavy atom. The van der Waals surface area contributed by atoms with Gasteiger partial charge in [-0.2, -0.15) is 0 Å². The second-order valence-electron chi connectivity index (χ2n) is 46.1. The van der Waals surface area contributed by atoms with Crippen molar-refractivity contribution in [1.29, 1.82) is 0 Å². The van der Waals surface area contributed by atoms with E-state index in [0.717, 1.165) is 116 Å². The molecule has 109 heavy (non-hydrogen) atoms. The van der Waals surface area contributed by atoms with E-state index in [-0.39, 0.29) is 32.5 Å². The Bertz CT molecular complexity index is 2400. The Hall–Kier alpha value is -1.76. The van der Waals surface area contributed by atoms with Crippen LogP contribution in [0.1, 0.15) is 481 Å². The van der Waals surface area contributed by atoms with E-state index >= 15 is 0 Å². The van der Waals surface area contributed by atoms with Crippen LogP contribution in [0.4, 0.5) is 0 Å². The fraction of sp³-hybridized carbons (Fsp3) is 0.920. The number of rotatable bonds is 24. The monoisotopic (exact) mass is 1550 g/mol. The van der Waals surface area contributed by atoms with Crippen molar-refractivity contribution >= 4 is 0 Å². The Balaban J connectivity index is -0.000000148. The highest BCUT2D eigenvalue weighted by molar-refractivity contribution is 5.17. The zero-order chi connectivity index (χ0) is 90.1. The zero-order valence-electron chi connectivity index (χ0n) is 83.8. The second-order valence-corrected chi connectivity index (χ2v) is 46.1. The molecule has 660 valence electrons. The highest BCUT2D eigenvalue weighted by Gasteiger charge is 2.39. The zero-order valence-corrected chi connectivity index (χ0v) is 83.8. The van der Waals surface area contributed by atoms with E-state index in [0.29, 0.717) is 52.3 Å². The Labute approximate surface area is 687 Å². The quantitative estimate of drug-likeness (QED) is 0.0336. The summed E-state index contributed by atoms with van der Waals surface area (Å²) in [5, 5.41) is 89.5. The summed E-state index contributed by atoms with van der Waals surface area (Å²) in [6, 6.07) is 0. The van der Waals surface area contributed by atoms with Gasteiger partial charge in [-0.15, -0.1) is 0 Å². The van der Waals surface area contributed by atoms with Crippen molar-refractivity contribution in [1.82, 2.24) is 0 Å². The predicted octanol–water partition coefficient (Wildman–Crippen LogP) is 28.2. The van der Waals surface area contributed by atoms with Gasteiger partial charge in [0.25, 0.3) is 0 Å². The van der Waals surface area contributed by atoms with Crippen LogP contribution in [0.15, 0.2) is 24.3 Å². The van der Waals surface area contributed by atoms with Crippen LogP contribution >= 0.6 is 0 Å². The lowest BCUT2D eigenvalue weighted by Gasteiger charge is -2.41. The molecule has 0 aromatic rings. The molecule has 9 nitrogen and oxygen atoms in total. The Kier molecular flexibility index (Phi) is 60.0. The molecule has 9 heteroatoms. The third-order valence-electron chi connectivity index (χ3n) is 21.1. The molecule has 0 radical (unpaired) electrons. The number of aliphatic hydroxyl groups is 9. The van der Waals surface area contributed by atoms with Crippen molar-refractivity contribution < 1.29 is 46.0 Å². The van der Waals surface area contributed by atoms with E-state index in [1.54, 1.807) is 6.92 Å². The summed E-state index contributed by atoms with van der Waals surface area (Å²) < 4.78 is 0. The van der Waals surface area contributed by atoms with Crippen LogP contribution in [0.25, 0.3) is 0 Å². The number of hydrogen-bond donors (Lipinski definition) is 9. The van der Waals surface area contributed by atoms with Gasteiger partial charge in [0, 0.05) is 10.8 Å². The molecule has 0 heterocycles. The molecule has 0 aliphatic carbocycles. The molecule has 0 fully saturated rings. The van der Waals surface area contributed by atoms with Gasteiger partial charge in [-0.25, -0.2) is 0 Å². The number of allylic oxidation sites excluding steroid dienone is 2. The molecule has 0 aliphatic rings. The first-order valence-electron chi connectivity index (χ1n) is 43.5. The first-order chi connectivity index (χ1) is 47.5. The maximum Gasteiger partial charge on any atom is 0.125 e. The first-order valence-corrected chi connectivity index (χ1v) is 43.5. The molecule has 0 saturated heterocycles. The van der Waals surface area contributed by atoms with Crippen molar-refractivity contribution in [2.24, 2.45) is 65.5 Å². The fourth-order valence-corrected chi connectivity index (χ4v) is 8.73. The third-order valence-corrected chi connectivity index (χ3v) is 21.1. The molecular weight excluding hydrogens is 1350 g/mol. The Morgan fingerprint density at radius 2 is 0.587 bits per heavy atom. The molecule has 0 spiro atoms. The summed E-state index contributed by atoms with van der Waals surface area (Å²) >= 11 is 0. The van der Waals surface area contributed by atoms with E-state index in [4.69, 9.17) is 0 Å². The number of hydrogen-bond acceptors (Lipinski definition) is 9. The molecule has 0 bridgehead atoms. The summed E-state index contributed by atoms with van der Waals surface area (Å²) in [5.74, 6) is 12.2. The minimum atomic E-state index is -0.812. The predicted molar refractivity (Wildman–Crippen MR) is 489 cm³/mol. The van der Waals surface area contributed by atoms with Crippen molar-refractivity contribution in [2.75, 3.05) is 0 Å². The summed E-state index contributed by atoms with van der Waals surface area (Å²) in [7, 11) is 0. The van der Waals surface area contributed by atoms with E-state index < -0.39 is 50.4 Å². The smallest absolute Gasteiger partial charge is 0.125 e. The average Bonchev–Trinajstić information content (AvgIpc) is 0.828. The van der Waals surface area contributed by atoms with Crippen LogP contribution in [0, 0.1) is 89.2 Å². The molecule has 0 aliphatic heterocycles. The molecule has 6 atom stereocenters. The van der Waals surface area contributed by atoms with E-state index in [1.807, 2.05) is 123 Å². The average molecular weight is 1550 g/mol. The minimum Gasteiger partial charge on any atom is -0.390 e. The maximum absolute atomic E-state index is 10.5. The summed E-state index contributed by atoms with van der Waals surface area (Å²) in [6.07, 6.45) is 26.6. The Morgan fingerprint density at radius 1 is 0.266 bits per heavy atom. The molecule has 0 rings (SSSR count). The molecule has 6 unspecified atom stereocenters. The molecular formula is C100H206O9. The lowest BCUT2D eigenvalue weighted by Crippen LogP contribution is -2.42. The van der Waals surface area contributed by atoms with Gasteiger partial charge in [0.2, 0.25) is 0 Å². The fourth-order valence-electron chi connectivity index (χ4n) is 8.73. The van der Waals surface area contributed by atoms with Gasteiger partial charge in [0.05, 0.1) is 39.2 Å². The van der Waals surface area contributed by atoms with Crippen LogP contribution in [-0.2, 0) is 0 Å². The standard InChI is InChI=1S/C13H28O.2C12H26O.C11H24O.C11H22O.C11H20O.C10H22O.C10H20O.C10H18O/c1-8-13(14,12(5,6)7)10-9-11(2,3)4;1-10(2,3)8-9-12(7,13)11(4,5)6;1-7-12(13,10(2)3)9-8-11(4,5)6;3*1-6-11(12,7-2)9-8-10(3,4)5;3*1-6-10(5,11)8-7-9(2,3)4/h14H,8-10H2,1-7H3;13H,8-9H2,1-7H3;10,13H,7-9H2,1-6H3;12H,6-9H2,1-5H3;8-9,12H,6-7H2,1-5H3;12H,6-7H2,1-5H3;11H,6-8H2,1-5H3;7-8,11H,6H2,1-5H3;11H,6H2,1-5H3/b;;;;9-8+;;;8-7+;. The van der Waals surface area contributed by atoms with Crippen LogP contribution in [0.2, 0.25) is 0 Å². The molecule has 0 amide bonds. The van der Waals surface area contributed by atoms with Gasteiger partial charge in [0.15, 0.2) is 0 Å². The summed E-state index contributed by atoms with van der Waals surface area (Å²) in [5.41, 5.74) is -3.28. The maximum atomic E-state index is 10.5. The van der Waals surface area contributed by atoms with Crippen LogP contribution in [-0.4, -0.2) is 96.4 Å². The van der Waals surface area contributed by atoms with Gasteiger partial charge in [-0.05, 0) is 259 Å². The van der Waals surface area contributed by atoms with Gasteiger partial charge in [-0.3, -0.25) is 0 Å². The molecule has 9 N–H and O–H groups in total. The molecule has 0 aromatic carbocycles. The molecule has 0 saturated carbocycles. The van der Waals surface area contributed by atoms with Crippen LogP contribution in [0.3, 0.4) is 0 Å². The summed E-state index contributed by atoms with van der Waals surface area (Å²) in [6.45, 7) is 105. The first kappa shape index (κ1) is 125. The SMILES string of the molecule is CC(C)(C)CCC(C)(O)C(C)(C)C.CCC(C)(O)/C=C/C(C)(C)C.CCC(C)(O)C#CC(C)(C)C.CCC(C)(O)CCC(C)(C)C.CCC(O)(/C=C/C(C)(C)C)CC.CCC(O)(C#CC(C)(C)C)CC.CCC(O)(CC)CCC(C)(C)C.CCC(O)(CCC(C)(C)C)C(C)(C)C.CCC(O)(CCC(C)(C)C)C(C)C. The van der Waals surface area contributed by atoms with E-state index in [2.05, 4.69) is 264 Å². The summed E-state index contributed by atoms with van der Waals surface area (Å²) in [4.78, 5) is 0. The second kappa shape index (κ2) is 52.1. The van der Waals surface area contributed by atoms with Crippen molar-refractivity contribution in [2.45, 2.75) is 531 Å². The highest BCUT2D eigenvalue weighted by atomic mass is 16.3. The van der Waals surface area contributed by atoms with E-state index in [9.17, 15) is 46.0 Å². The van der Waals surface area contributed by atoms with Crippen LogP contribution < -0.4 is 0 Å². The van der Waals surface area contributed by atoms with Crippen molar-refractivity contribution in [3.05, 3.63) is 24.3 Å². The lowest BCUT2D eigenvalue weighted by molar-refractivity contribution is -0.0736. The largest absolute Gasteiger partial charge is 0.390 e. The minimum absolute atomic E-state index is 0.0147. The van der Waals surface area contributed by atoms with Crippen molar-refractivity contribution in [3.8, 4) is 23.7 Å². The van der Waals surface area contributed by atoms with Gasteiger partial charge in [0.1, 0.15) is 11.2 Å². The van der Waals surface area contributed by atoms with Crippen LogP contribution in [0.5, 0.6) is 0 Å². The van der Waals surface area contributed by atoms with Gasteiger partial charge < -0.3 is 46.0 Å². The molecule has 0 aromatic heterocycles. The van der Waals surface area contributed by atoms with Crippen molar-refractivity contribution in [3.63, 3.8) is 0 Å². The van der Waals surface area contributed by atoms with Gasteiger partial charge in [-0.1, -0.05) is 325 Å². The normalized spacial score (nSPS) is 16.4. The van der Waals surface area contributed by atoms with Gasteiger partial charge >= 0.3 is 0 Å².